The van der Waals surface area contributed by atoms with Crippen molar-refractivity contribution in [2.45, 2.75) is 26.4 Å². The van der Waals surface area contributed by atoms with Crippen LogP contribution in [0.4, 0.5) is 10.6 Å². The molecule has 3 heterocycles. The summed E-state index contributed by atoms with van der Waals surface area (Å²) >= 11 is 0. The molecule has 4 rings (SSSR count). The average Bonchev–Trinajstić information content (AvgIpc) is 3.19. The number of amides is 1. The van der Waals surface area contributed by atoms with Crippen LogP contribution < -0.4 is 4.90 Å². The van der Waals surface area contributed by atoms with Gasteiger partial charge in [0, 0.05) is 43.6 Å². The van der Waals surface area contributed by atoms with Crippen molar-refractivity contribution >= 4 is 11.9 Å². The standard InChI is InChI=1S/C21H26N4O3/c1-21(2,3)28-20(27)25-12-15-10-24(11-16(15)13-25)19-8-7-18(22-23-19)14-5-4-6-17(26)9-14/h4-9,15-16,26H,10-13H2,1-3H3. The molecule has 7 nitrogen and oxygen atoms in total. The van der Waals surface area contributed by atoms with Crippen molar-refractivity contribution < 1.29 is 14.6 Å². The van der Waals surface area contributed by atoms with Crippen LogP contribution in [0.25, 0.3) is 11.3 Å². The largest absolute Gasteiger partial charge is 0.508 e. The third kappa shape index (κ3) is 3.88. The molecule has 28 heavy (non-hydrogen) atoms. The van der Waals surface area contributed by atoms with Crippen LogP contribution in [0, 0.1) is 11.8 Å². The highest BCUT2D eigenvalue weighted by atomic mass is 16.6. The van der Waals surface area contributed by atoms with Crippen LogP contribution in [0.15, 0.2) is 36.4 Å². The van der Waals surface area contributed by atoms with Crippen LogP contribution in [-0.2, 0) is 4.74 Å². The van der Waals surface area contributed by atoms with Crippen molar-refractivity contribution in [2.75, 3.05) is 31.1 Å². The van der Waals surface area contributed by atoms with Crippen molar-refractivity contribution in [2.24, 2.45) is 11.8 Å². The van der Waals surface area contributed by atoms with Crippen molar-refractivity contribution in [1.29, 1.82) is 0 Å². The molecule has 2 fully saturated rings. The maximum absolute atomic E-state index is 12.3. The van der Waals surface area contributed by atoms with Gasteiger partial charge in [-0.25, -0.2) is 4.79 Å². The highest BCUT2D eigenvalue weighted by molar-refractivity contribution is 5.68. The number of hydrogen-bond acceptors (Lipinski definition) is 6. The lowest BCUT2D eigenvalue weighted by Gasteiger charge is -2.26. The number of aromatic hydroxyl groups is 1. The Morgan fingerprint density at radius 3 is 2.36 bits per heavy atom. The SMILES string of the molecule is CC(C)(C)OC(=O)N1CC2CN(c3ccc(-c4cccc(O)c4)nn3)CC2C1. The monoisotopic (exact) mass is 382 g/mol. The van der Waals surface area contributed by atoms with E-state index in [9.17, 15) is 9.90 Å². The van der Waals surface area contributed by atoms with E-state index in [1.165, 1.54) is 0 Å². The molecule has 0 aliphatic carbocycles. The van der Waals surface area contributed by atoms with Crippen LogP contribution in [-0.4, -0.2) is 58.1 Å². The Hall–Kier alpha value is -2.83. The predicted octanol–water partition coefficient (Wildman–Crippen LogP) is 3.15. The molecule has 0 spiro atoms. The quantitative estimate of drug-likeness (QED) is 0.860. The molecule has 2 saturated heterocycles. The number of anilines is 1. The minimum Gasteiger partial charge on any atom is -0.508 e. The lowest BCUT2D eigenvalue weighted by atomic mass is 10.0. The van der Waals surface area contributed by atoms with Crippen LogP contribution in [0.3, 0.4) is 0 Å². The van der Waals surface area contributed by atoms with E-state index in [0.717, 1.165) is 43.3 Å². The Kier molecular flexibility index (Phi) is 4.61. The molecule has 2 atom stereocenters. The molecule has 0 saturated carbocycles. The summed E-state index contributed by atoms with van der Waals surface area (Å²) in [6, 6.07) is 10.9. The molecule has 1 N–H and O–H groups in total. The number of likely N-dealkylation sites (tertiary alicyclic amines) is 1. The second kappa shape index (κ2) is 6.96. The molecule has 1 aromatic heterocycles. The van der Waals surface area contributed by atoms with E-state index < -0.39 is 5.60 Å². The minimum atomic E-state index is -0.465. The van der Waals surface area contributed by atoms with Crippen LogP contribution in [0.5, 0.6) is 5.75 Å². The Balaban J connectivity index is 1.38. The smallest absolute Gasteiger partial charge is 0.410 e. The number of carbonyl (C=O) groups is 1. The number of nitrogens with zero attached hydrogens (tertiary/aromatic N) is 4. The fourth-order valence-corrected chi connectivity index (χ4v) is 3.97. The summed E-state index contributed by atoms with van der Waals surface area (Å²) in [6.45, 7) is 8.86. The number of benzene rings is 1. The highest BCUT2D eigenvalue weighted by Gasteiger charge is 2.43. The van der Waals surface area contributed by atoms with Gasteiger partial charge in [-0.15, -0.1) is 10.2 Å². The van der Waals surface area contributed by atoms with E-state index in [1.807, 2.05) is 43.9 Å². The first-order chi connectivity index (χ1) is 13.3. The molecule has 2 unspecified atom stereocenters. The molecule has 2 aliphatic heterocycles. The summed E-state index contributed by atoms with van der Waals surface area (Å²) in [5.74, 6) is 1.92. The number of phenolic OH excluding ortho intramolecular Hbond substituents is 1. The molecular formula is C21H26N4O3. The van der Waals surface area contributed by atoms with Gasteiger partial charge in [-0.3, -0.25) is 0 Å². The van der Waals surface area contributed by atoms with E-state index in [2.05, 4.69) is 15.1 Å². The highest BCUT2D eigenvalue weighted by Crippen LogP contribution is 2.34. The summed E-state index contributed by atoms with van der Waals surface area (Å²) in [6.07, 6.45) is -0.219. The summed E-state index contributed by atoms with van der Waals surface area (Å²) in [7, 11) is 0. The maximum Gasteiger partial charge on any atom is 0.410 e. The summed E-state index contributed by atoms with van der Waals surface area (Å²) in [4.78, 5) is 16.4. The van der Waals surface area contributed by atoms with Gasteiger partial charge in [-0.05, 0) is 45.0 Å². The molecule has 0 bridgehead atoms. The second-order valence-corrected chi connectivity index (χ2v) is 8.64. The van der Waals surface area contributed by atoms with Gasteiger partial charge in [-0.2, -0.15) is 0 Å². The number of rotatable bonds is 2. The Morgan fingerprint density at radius 1 is 1.07 bits per heavy atom. The van der Waals surface area contributed by atoms with Gasteiger partial charge in [0.25, 0.3) is 0 Å². The van der Waals surface area contributed by atoms with Crippen molar-refractivity contribution in [3.8, 4) is 17.0 Å². The van der Waals surface area contributed by atoms with Crippen molar-refractivity contribution in [3.05, 3.63) is 36.4 Å². The fourth-order valence-electron chi connectivity index (χ4n) is 3.97. The average molecular weight is 382 g/mol. The molecule has 1 aromatic carbocycles. The van der Waals surface area contributed by atoms with E-state index in [4.69, 9.17) is 4.74 Å². The Morgan fingerprint density at radius 2 is 1.79 bits per heavy atom. The van der Waals surface area contributed by atoms with Gasteiger partial charge in [0.05, 0.1) is 5.69 Å². The molecule has 0 radical (unpaired) electrons. The predicted molar refractivity (Wildman–Crippen MR) is 106 cm³/mol. The molecule has 2 aliphatic rings. The first kappa shape index (κ1) is 18.5. The van der Waals surface area contributed by atoms with Gasteiger partial charge in [0.15, 0.2) is 5.82 Å². The molecule has 2 aromatic rings. The Bertz CT molecular complexity index is 849. The molecular weight excluding hydrogens is 356 g/mol. The zero-order chi connectivity index (χ0) is 19.9. The maximum atomic E-state index is 12.3. The van der Waals surface area contributed by atoms with Crippen LogP contribution in [0.2, 0.25) is 0 Å². The minimum absolute atomic E-state index is 0.213. The number of hydrogen-bond donors (Lipinski definition) is 1. The number of phenols is 1. The van der Waals surface area contributed by atoms with Gasteiger partial charge < -0.3 is 19.6 Å². The second-order valence-electron chi connectivity index (χ2n) is 8.64. The molecule has 148 valence electrons. The summed E-state index contributed by atoms with van der Waals surface area (Å²) < 4.78 is 5.50. The summed E-state index contributed by atoms with van der Waals surface area (Å²) in [5, 5.41) is 18.3. The van der Waals surface area contributed by atoms with Crippen molar-refractivity contribution in [3.63, 3.8) is 0 Å². The van der Waals surface area contributed by atoms with Crippen molar-refractivity contribution in [1.82, 2.24) is 15.1 Å². The zero-order valence-electron chi connectivity index (χ0n) is 16.5. The first-order valence-corrected chi connectivity index (χ1v) is 9.64. The van der Waals surface area contributed by atoms with E-state index in [-0.39, 0.29) is 11.8 Å². The first-order valence-electron chi connectivity index (χ1n) is 9.64. The third-order valence-electron chi connectivity index (χ3n) is 5.25. The topological polar surface area (TPSA) is 78.8 Å². The van der Waals surface area contributed by atoms with E-state index >= 15 is 0 Å². The number of carbonyl (C=O) groups excluding carboxylic acids is 1. The lowest BCUT2D eigenvalue weighted by Crippen LogP contribution is -2.37. The lowest BCUT2D eigenvalue weighted by molar-refractivity contribution is 0.0282. The number of aromatic nitrogens is 2. The van der Waals surface area contributed by atoms with Crippen LogP contribution in [0.1, 0.15) is 20.8 Å². The number of fused-ring (bicyclic) bond motifs is 1. The molecule has 1 amide bonds. The third-order valence-corrected chi connectivity index (χ3v) is 5.25. The van der Waals surface area contributed by atoms with E-state index in [1.54, 1.807) is 18.2 Å². The van der Waals surface area contributed by atoms with Gasteiger partial charge in [0.2, 0.25) is 0 Å². The van der Waals surface area contributed by atoms with Gasteiger partial charge >= 0.3 is 6.09 Å². The van der Waals surface area contributed by atoms with Crippen LogP contribution >= 0.6 is 0 Å². The number of ether oxygens (including phenoxy) is 1. The summed E-state index contributed by atoms with van der Waals surface area (Å²) in [5.41, 5.74) is 1.11. The normalized spacial score (nSPS) is 21.7. The van der Waals surface area contributed by atoms with E-state index in [0.29, 0.717) is 11.8 Å². The zero-order valence-corrected chi connectivity index (χ0v) is 16.5. The Labute approximate surface area is 164 Å². The molecule has 7 heteroatoms. The van der Waals surface area contributed by atoms with Gasteiger partial charge in [0.1, 0.15) is 11.4 Å². The fraction of sp³-hybridized carbons (Fsp3) is 0.476. The van der Waals surface area contributed by atoms with Gasteiger partial charge in [-0.1, -0.05) is 12.1 Å².